The van der Waals surface area contributed by atoms with Crippen molar-refractivity contribution in [3.8, 4) is 0 Å². The smallest absolute Gasteiger partial charge is 0.225 e. The fourth-order valence-corrected chi connectivity index (χ4v) is 2.80. The van der Waals surface area contributed by atoms with Crippen LogP contribution in [0.25, 0.3) is 0 Å². The zero-order valence-electron chi connectivity index (χ0n) is 14.1. The molecule has 0 spiro atoms. The molecule has 1 aromatic heterocycles. The van der Waals surface area contributed by atoms with Gasteiger partial charge in [-0.25, -0.2) is 0 Å². The summed E-state index contributed by atoms with van der Waals surface area (Å²) in [5.41, 5.74) is 1.04. The van der Waals surface area contributed by atoms with E-state index in [1.165, 1.54) is 0 Å². The fraction of sp³-hybridized carbons (Fsp3) is 0.688. The standard InChI is InChI=1S/C16H27N5O/c1-5-13(6-2)16(22)21-9-7-20(8-10-21)15-11-14(19(3)4)12-17-18-15/h11-13H,5-10H2,1-4H3. The first kappa shape index (κ1) is 16.5. The minimum absolute atomic E-state index is 0.170. The van der Waals surface area contributed by atoms with Crippen LogP contribution in [0.5, 0.6) is 0 Å². The summed E-state index contributed by atoms with van der Waals surface area (Å²) < 4.78 is 0. The van der Waals surface area contributed by atoms with E-state index in [1.54, 1.807) is 6.20 Å². The molecule has 0 N–H and O–H groups in total. The Bertz CT molecular complexity index is 493. The summed E-state index contributed by atoms with van der Waals surface area (Å²) in [7, 11) is 3.99. The molecule has 6 nitrogen and oxygen atoms in total. The van der Waals surface area contributed by atoms with Crippen LogP contribution in [0, 0.1) is 5.92 Å². The van der Waals surface area contributed by atoms with Gasteiger partial charge in [-0.1, -0.05) is 13.8 Å². The molecule has 1 aromatic rings. The Labute approximate surface area is 133 Å². The van der Waals surface area contributed by atoms with Gasteiger partial charge in [0.25, 0.3) is 0 Å². The predicted octanol–water partition coefficient (Wildman–Crippen LogP) is 1.63. The molecule has 1 saturated heterocycles. The van der Waals surface area contributed by atoms with Gasteiger partial charge >= 0.3 is 0 Å². The summed E-state index contributed by atoms with van der Waals surface area (Å²) in [5, 5.41) is 8.30. The third-order valence-corrected chi connectivity index (χ3v) is 4.39. The SMILES string of the molecule is CCC(CC)C(=O)N1CCN(c2cc(N(C)C)cnn2)CC1. The highest BCUT2D eigenvalue weighted by molar-refractivity contribution is 5.79. The van der Waals surface area contributed by atoms with Gasteiger partial charge in [-0.3, -0.25) is 4.79 Å². The molecule has 0 aromatic carbocycles. The molecule has 1 aliphatic rings. The second kappa shape index (κ2) is 7.42. The number of nitrogens with zero attached hydrogens (tertiary/aromatic N) is 5. The molecule has 2 heterocycles. The molecular weight excluding hydrogens is 278 g/mol. The molecule has 0 radical (unpaired) electrons. The minimum Gasteiger partial charge on any atom is -0.376 e. The zero-order chi connectivity index (χ0) is 16.1. The Morgan fingerprint density at radius 3 is 2.41 bits per heavy atom. The van der Waals surface area contributed by atoms with E-state index < -0.39 is 0 Å². The monoisotopic (exact) mass is 305 g/mol. The molecule has 1 fully saturated rings. The summed E-state index contributed by atoms with van der Waals surface area (Å²) in [6, 6.07) is 2.05. The average Bonchev–Trinajstić information content (AvgIpc) is 2.56. The van der Waals surface area contributed by atoms with Crippen molar-refractivity contribution in [2.75, 3.05) is 50.1 Å². The molecule has 2 rings (SSSR count). The van der Waals surface area contributed by atoms with E-state index >= 15 is 0 Å². The normalized spacial score (nSPS) is 15.3. The summed E-state index contributed by atoms with van der Waals surface area (Å²) >= 11 is 0. The Kier molecular flexibility index (Phi) is 5.57. The predicted molar refractivity (Wildman–Crippen MR) is 89.2 cm³/mol. The van der Waals surface area contributed by atoms with Gasteiger partial charge in [0.1, 0.15) is 0 Å². The highest BCUT2D eigenvalue weighted by atomic mass is 16.2. The number of piperazine rings is 1. The van der Waals surface area contributed by atoms with Gasteiger partial charge in [0, 0.05) is 52.3 Å². The van der Waals surface area contributed by atoms with Crippen LogP contribution in [0.4, 0.5) is 11.5 Å². The van der Waals surface area contributed by atoms with Crippen LogP contribution in [-0.4, -0.2) is 61.3 Å². The molecule has 0 atom stereocenters. The zero-order valence-corrected chi connectivity index (χ0v) is 14.1. The van der Waals surface area contributed by atoms with E-state index in [1.807, 2.05) is 30.0 Å². The van der Waals surface area contributed by atoms with Crippen molar-refractivity contribution in [1.82, 2.24) is 15.1 Å². The average molecular weight is 305 g/mol. The maximum absolute atomic E-state index is 12.4. The van der Waals surface area contributed by atoms with Crippen LogP contribution in [0.2, 0.25) is 0 Å². The van der Waals surface area contributed by atoms with Gasteiger partial charge < -0.3 is 14.7 Å². The van der Waals surface area contributed by atoms with Crippen LogP contribution in [0.1, 0.15) is 26.7 Å². The molecule has 0 aliphatic carbocycles. The highest BCUT2D eigenvalue weighted by Gasteiger charge is 2.26. The maximum atomic E-state index is 12.4. The third-order valence-electron chi connectivity index (χ3n) is 4.39. The lowest BCUT2D eigenvalue weighted by Crippen LogP contribution is -2.50. The number of anilines is 2. The topological polar surface area (TPSA) is 52.6 Å². The van der Waals surface area contributed by atoms with Gasteiger partial charge in [0.15, 0.2) is 5.82 Å². The van der Waals surface area contributed by atoms with Crippen molar-refractivity contribution in [3.63, 3.8) is 0 Å². The quantitative estimate of drug-likeness (QED) is 0.827. The van der Waals surface area contributed by atoms with Gasteiger partial charge in [-0.15, -0.1) is 5.10 Å². The lowest BCUT2D eigenvalue weighted by atomic mass is 10.0. The van der Waals surface area contributed by atoms with Crippen LogP contribution >= 0.6 is 0 Å². The van der Waals surface area contributed by atoms with Crippen LogP contribution in [-0.2, 0) is 4.79 Å². The lowest BCUT2D eigenvalue weighted by molar-refractivity contribution is -0.136. The molecular formula is C16H27N5O. The highest BCUT2D eigenvalue weighted by Crippen LogP contribution is 2.20. The van der Waals surface area contributed by atoms with Crippen molar-refractivity contribution >= 4 is 17.4 Å². The van der Waals surface area contributed by atoms with Gasteiger partial charge in [-0.05, 0) is 12.8 Å². The van der Waals surface area contributed by atoms with Crippen LogP contribution in [0.3, 0.4) is 0 Å². The van der Waals surface area contributed by atoms with Crippen LogP contribution < -0.4 is 9.80 Å². The number of amides is 1. The largest absolute Gasteiger partial charge is 0.376 e. The number of hydrogen-bond acceptors (Lipinski definition) is 5. The van der Waals surface area contributed by atoms with Crippen molar-refractivity contribution in [2.45, 2.75) is 26.7 Å². The molecule has 22 heavy (non-hydrogen) atoms. The van der Waals surface area contributed by atoms with E-state index in [0.717, 1.165) is 50.5 Å². The number of rotatable bonds is 5. The van der Waals surface area contributed by atoms with E-state index in [0.29, 0.717) is 5.91 Å². The van der Waals surface area contributed by atoms with Crippen molar-refractivity contribution in [2.24, 2.45) is 5.92 Å². The Morgan fingerprint density at radius 1 is 1.23 bits per heavy atom. The van der Waals surface area contributed by atoms with Gasteiger partial charge in [-0.2, -0.15) is 5.10 Å². The summed E-state index contributed by atoms with van der Waals surface area (Å²) in [5.74, 6) is 1.36. The lowest BCUT2D eigenvalue weighted by Gasteiger charge is -2.36. The summed E-state index contributed by atoms with van der Waals surface area (Å²) in [4.78, 5) is 18.6. The third kappa shape index (κ3) is 3.67. The summed E-state index contributed by atoms with van der Waals surface area (Å²) in [6.45, 7) is 7.34. The second-order valence-corrected chi connectivity index (χ2v) is 5.99. The Hall–Kier alpha value is -1.85. The molecule has 0 saturated carbocycles. The molecule has 6 heteroatoms. The number of carbonyl (C=O) groups is 1. The van der Waals surface area contributed by atoms with E-state index in [-0.39, 0.29) is 5.92 Å². The number of hydrogen-bond donors (Lipinski definition) is 0. The van der Waals surface area contributed by atoms with Crippen LogP contribution in [0.15, 0.2) is 12.3 Å². The molecule has 1 amide bonds. The van der Waals surface area contributed by atoms with E-state index in [2.05, 4.69) is 28.9 Å². The fourth-order valence-electron chi connectivity index (χ4n) is 2.80. The summed E-state index contributed by atoms with van der Waals surface area (Å²) in [6.07, 6.45) is 3.61. The molecule has 0 unspecified atom stereocenters. The van der Waals surface area contributed by atoms with Crippen molar-refractivity contribution in [1.29, 1.82) is 0 Å². The number of carbonyl (C=O) groups excluding carboxylic acids is 1. The van der Waals surface area contributed by atoms with Gasteiger partial charge in [0.05, 0.1) is 11.9 Å². The first-order valence-corrected chi connectivity index (χ1v) is 8.10. The Balaban J connectivity index is 1.97. The number of aromatic nitrogens is 2. The van der Waals surface area contributed by atoms with E-state index in [4.69, 9.17) is 0 Å². The van der Waals surface area contributed by atoms with Crippen molar-refractivity contribution < 1.29 is 4.79 Å². The first-order chi connectivity index (χ1) is 10.6. The molecule has 0 bridgehead atoms. The molecule has 122 valence electrons. The maximum Gasteiger partial charge on any atom is 0.225 e. The molecule has 1 aliphatic heterocycles. The Morgan fingerprint density at radius 2 is 1.86 bits per heavy atom. The van der Waals surface area contributed by atoms with Gasteiger partial charge in [0.2, 0.25) is 5.91 Å². The minimum atomic E-state index is 0.170. The van der Waals surface area contributed by atoms with Crippen molar-refractivity contribution in [3.05, 3.63) is 12.3 Å². The van der Waals surface area contributed by atoms with E-state index in [9.17, 15) is 4.79 Å². The first-order valence-electron chi connectivity index (χ1n) is 8.10. The second-order valence-electron chi connectivity index (χ2n) is 5.99.